The molecule has 8 atom stereocenters. The lowest BCUT2D eigenvalue weighted by atomic mass is 9.44. The number of esters is 2. The van der Waals surface area contributed by atoms with Gasteiger partial charge in [0.05, 0.1) is 18.1 Å². The van der Waals surface area contributed by atoms with Gasteiger partial charge in [-0.05, 0) is 50.4 Å². The van der Waals surface area contributed by atoms with Gasteiger partial charge in [-0.1, -0.05) is 26.0 Å². The molecule has 2 saturated heterocycles. The predicted molar refractivity (Wildman–Crippen MR) is 110 cm³/mol. The van der Waals surface area contributed by atoms with Crippen LogP contribution in [0.2, 0.25) is 0 Å². The lowest BCUT2D eigenvalue weighted by Gasteiger charge is -2.62. The summed E-state index contributed by atoms with van der Waals surface area (Å²) in [5, 5.41) is 0. The van der Waals surface area contributed by atoms with Crippen LogP contribution in [0.15, 0.2) is 12.2 Å². The normalized spacial score (nSPS) is 45.5. The summed E-state index contributed by atoms with van der Waals surface area (Å²) in [5.41, 5.74) is 0.325. The zero-order valence-corrected chi connectivity index (χ0v) is 18.8. The second-order valence-electron chi connectivity index (χ2n) is 10.1. The van der Waals surface area contributed by atoms with Crippen molar-refractivity contribution >= 4 is 11.9 Å². The first-order valence-electron chi connectivity index (χ1n) is 11.5. The summed E-state index contributed by atoms with van der Waals surface area (Å²) < 4.78 is 23.9. The molecule has 2 aliphatic heterocycles. The molecule has 0 amide bonds. The highest BCUT2D eigenvalue weighted by molar-refractivity contribution is 5.67. The van der Waals surface area contributed by atoms with E-state index < -0.39 is 5.41 Å². The van der Waals surface area contributed by atoms with Crippen molar-refractivity contribution in [1.82, 2.24) is 0 Å². The Hall–Kier alpha value is -1.40. The van der Waals surface area contributed by atoms with Crippen LogP contribution in [0, 0.1) is 28.6 Å². The fourth-order valence-corrected chi connectivity index (χ4v) is 7.00. The zero-order chi connectivity index (χ0) is 21.7. The van der Waals surface area contributed by atoms with Gasteiger partial charge in [0.1, 0.15) is 12.7 Å². The van der Waals surface area contributed by atoms with Crippen LogP contribution >= 0.6 is 0 Å². The average molecular weight is 421 g/mol. The Balaban J connectivity index is 1.75. The first-order chi connectivity index (χ1) is 14.2. The Morgan fingerprint density at radius 3 is 2.63 bits per heavy atom. The van der Waals surface area contributed by atoms with E-state index in [4.69, 9.17) is 18.9 Å². The van der Waals surface area contributed by atoms with Gasteiger partial charge in [0, 0.05) is 25.2 Å². The third-order valence-electron chi connectivity index (χ3n) is 8.69. The van der Waals surface area contributed by atoms with E-state index in [0.717, 1.165) is 44.3 Å². The predicted octanol–water partition coefficient (Wildman–Crippen LogP) is 4.02. The highest BCUT2D eigenvalue weighted by Crippen LogP contribution is 2.65. The van der Waals surface area contributed by atoms with Gasteiger partial charge in [-0.2, -0.15) is 0 Å². The van der Waals surface area contributed by atoms with E-state index in [0.29, 0.717) is 12.3 Å². The van der Waals surface area contributed by atoms with Crippen LogP contribution in [0.25, 0.3) is 0 Å². The third kappa shape index (κ3) is 3.31. The molecular formula is C24H36O6. The van der Waals surface area contributed by atoms with Crippen molar-refractivity contribution in [3.63, 3.8) is 0 Å². The second kappa shape index (κ2) is 7.94. The van der Waals surface area contributed by atoms with Gasteiger partial charge in [0.15, 0.2) is 6.29 Å². The summed E-state index contributed by atoms with van der Waals surface area (Å²) >= 11 is 0. The maximum atomic E-state index is 12.0. The number of hydrogen-bond donors (Lipinski definition) is 0. The maximum absolute atomic E-state index is 12.0. The fraction of sp³-hybridized carbons (Fsp3) is 0.833. The molecule has 0 aromatic carbocycles. The highest BCUT2D eigenvalue weighted by Gasteiger charge is 2.66. The van der Waals surface area contributed by atoms with E-state index in [-0.39, 0.29) is 54.3 Å². The van der Waals surface area contributed by atoms with Crippen LogP contribution in [0.5, 0.6) is 0 Å². The minimum Gasteiger partial charge on any atom is -0.465 e. The van der Waals surface area contributed by atoms with E-state index in [2.05, 4.69) is 20.4 Å². The molecule has 2 heterocycles. The second-order valence-corrected chi connectivity index (χ2v) is 10.1. The summed E-state index contributed by atoms with van der Waals surface area (Å²) in [6.07, 6.45) is 5.28. The molecular weight excluding hydrogens is 384 g/mol. The molecule has 0 bridgehead atoms. The van der Waals surface area contributed by atoms with Crippen LogP contribution in [0.3, 0.4) is 0 Å². The number of carbonyl (C=O) groups is 2. The minimum atomic E-state index is -0.571. The van der Waals surface area contributed by atoms with Crippen LogP contribution < -0.4 is 0 Å². The van der Waals surface area contributed by atoms with Crippen molar-refractivity contribution in [2.24, 2.45) is 28.6 Å². The molecule has 6 heteroatoms. The quantitative estimate of drug-likeness (QED) is 0.505. The number of carbonyl (C=O) groups excluding carboxylic acids is 2. The van der Waals surface area contributed by atoms with Crippen LogP contribution in [0.1, 0.15) is 66.2 Å². The van der Waals surface area contributed by atoms with E-state index in [9.17, 15) is 9.59 Å². The molecule has 4 aliphatic rings. The first kappa shape index (κ1) is 21.8. The Morgan fingerprint density at radius 2 is 1.97 bits per heavy atom. The van der Waals surface area contributed by atoms with Gasteiger partial charge in [0.2, 0.25) is 0 Å². The van der Waals surface area contributed by atoms with E-state index in [1.165, 1.54) is 13.8 Å². The number of ether oxygens (including phenoxy) is 4. The molecule has 0 radical (unpaired) electrons. The van der Waals surface area contributed by atoms with Crippen LogP contribution in [-0.4, -0.2) is 43.7 Å². The van der Waals surface area contributed by atoms with Crippen molar-refractivity contribution < 1.29 is 28.5 Å². The van der Waals surface area contributed by atoms with Crippen molar-refractivity contribution in [3.05, 3.63) is 12.2 Å². The summed E-state index contributed by atoms with van der Waals surface area (Å²) in [7, 11) is 0. The average Bonchev–Trinajstić information content (AvgIpc) is 3.27. The molecule has 0 N–H and O–H groups in total. The van der Waals surface area contributed by atoms with Gasteiger partial charge in [0.25, 0.3) is 0 Å². The fourth-order valence-electron chi connectivity index (χ4n) is 7.00. The molecule has 2 unspecified atom stereocenters. The molecule has 0 aromatic rings. The van der Waals surface area contributed by atoms with Crippen molar-refractivity contribution in [1.29, 1.82) is 0 Å². The lowest BCUT2D eigenvalue weighted by molar-refractivity contribution is -0.226. The molecule has 6 nitrogen and oxygen atoms in total. The summed E-state index contributed by atoms with van der Waals surface area (Å²) in [4.78, 5) is 23.8. The van der Waals surface area contributed by atoms with Gasteiger partial charge in [-0.3, -0.25) is 9.59 Å². The van der Waals surface area contributed by atoms with E-state index in [1.807, 2.05) is 0 Å². The standard InChI is InChI=1S/C24H36O6/c1-14-7-6-8-19-23(5,20-12-18-9-10-27-22(18)30-20)15(2)11-21(29-17(4)26)24(14,19)13-28-16(3)25/h15,18-22H,1,6-13H2,2-5H3/t15-,18?,19-,20+,21+,22?,23+,24+/m1/s1. The molecule has 4 fully saturated rings. The Labute approximate surface area is 179 Å². The molecule has 4 rings (SSSR count). The highest BCUT2D eigenvalue weighted by atomic mass is 16.7. The molecule has 30 heavy (non-hydrogen) atoms. The molecule has 0 aromatic heterocycles. The zero-order valence-electron chi connectivity index (χ0n) is 18.8. The summed E-state index contributed by atoms with van der Waals surface area (Å²) in [6.45, 7) is 12.9. The number of fused-ring (bicyclic) bond motifs is 2. The van der Waals surface area contributed by atoms with E-state index in [1.54, 1.807) is 0 Å². The molecule has 2 saturated carbocycles. The Bertz CT molecular complexity index is 706. The monoisotopic (exact) mass is 420 g/mol. The van der Waals surface area contributed by atoms with Crippen molar-refractivity contribution in [2.45, 2.75) is 84.7 Å². The molecule has 2 aliphatic carbocycles. The van der Waals surface area contributed by atoms with Crippen molar-refractivity contribution in [2.75, 3.05) is 13.2 Å². The molecule has 0 spiro atoms. The third-order valence-corrected chi connectivity index (χ3v) is 8.69. The topological polar surface area (TPSA) is 71.1 Å². The number of hydrogen-bond acceptors (Lipinski definition) is 6. The largest absolute Gasteiger partial charge is 0.465 e. The Kier molecular flexibility index (Phi) is 5.77. The summed E-state index contributed by atoms with van der Waals surface area (Å²) in [6, 6.07) is 0. The van der Waals surface area contributed by atoms with Gasteiger partial charge in [-0.15, -0.1) is 0 Å². The minimum absolute atomic E-state index is 0.0775. The first-order valence-corrected chi connectivity index (χ1v) is 11.5. The lowest BCUT2D eigenvalue weighted by Crippen LogP contribution is -2.64. The smallest absolute Gasteiger partial charge is 0.302 e. The van der Waals surface area contributed by atoms with Crippen LogP contribution in [0.4, 0.5) is 0 Å². The van der Waals surface area contributed by atoms with Crippen LogP contribution in [-0.2, 0) is 28.5 Å². The maximum Gasteiger partial charge on any atom is 0.302 e. The van der Waals surface area contributed by atoms with Gasteiger partial charge < -0.3 is 18.9 Å². The van der Waals surface area contributed by atoms with Crippen molar-refractivity contribution in [3.8, 4) is 0 Å². The Morgan fingerprint density at radius 1 is 1.20 bits per heavy atom. The number of rotatable bonds is 4. The van der Waals surface area contributed by atoms with Gasteiger partial charge >= 0.3 is 11.9 Å². The summed E-state index contributed by atoms with van der Waals surface area (Å²) in [5.74, 6) is 0.285. The molecule has 168 valence electrons. The SMILES string of the molecule is C=C1CCC[C@H]2[C@@]1(COC(C)=O)[C@@H](OC(C)=O)C[C@@H](C)[C@]2(C)[C@@H]1CC2CCOC2O1. The van der Waals surface area contributed by atoms with Gasteiger partial charge in [-0.25, -0.2) is 0 Å². The van der Waals surface area contributed by atoms with E-state index >= 15 is 0 Å².